The second-order valence-electron chi connectivity index (χ2n) is 4.93. The molecular formula is C14H22N2O2. The lowest BCUT2D eigenvalue weighted by Gasteiger charge is -2.28. The van der Waals surface area contributed by atoms with Crippen molar-refractivity contribution >= 4 is 5.91 Å². The van der Waals surface area contributed by atoms with Crippen molar-refractivity contribution in [3.63, 3.8) is 0 Å². The van der Waals surface area contributed by atoms with Crippen molar-refractivity contribution in [2.45, 2.75) is 38.6 Å². The average molecular weight is 250 g/mol. The highest BCUT2D eigenvalue weighted by Gasteiger charge is 2.25. The highest BCUT2D eigenvalue weighted by molar-refractivity contribution is 5.81. The van der Waals surface area contributed by atoms with Gasteiger partial charge in [-0.1, -0.05) is 13.3 Å². The van der Waals surface area contributed by atoms with E-state index in [1.54, 1.807) is 6.26 Å². The molecule has 2 heterocycles. The predicted molar refractivity (Wildman–Crippen MR) is 70.2 cm³/mol. The third-order valence-electron chi connectivity index (χ3n) is 3.66. The Hall–Kier alpha value is -1.29. The minimum atomic E-state index is -0.0136. The van der Waals surface area contributed by atoms with Gasteiger partial charge in [-0.3, -0.25) is 4.79 Å². The van der Waals surface area contributed by atoms with Crippen LogP contribution in [0.2, 0.25) is 0 Å². The number of amides is 1. The molecule has 1 amide bonds. The van der Waals surface area contributed by atoms with Crippen LogP contribution in [0.5, 0.6) is 0 Å². The molecule has 2 N–H and O–H groups in total. The molecule has 1 aliphatic heterocycles. The standard InChI is InChI=1S/C14H22N2O2/c1-2-11-5-7-15-13(10-11)14(17)16-8-6-12-4-3-9-18-12/h3-4,9,11,13,15H,2,5-8,10H2,1H3,(H,16,17). The number of furan rings is 1. The Morgan fingerprint density at radius 3 is 3.22 bits per heavy atom. The predicted octanol–water partition coefficient (Wildman–Crippen LogP) is 1.72. The van der Waals surface area contributed by atoms with E-state index in [4.69, 9.17) is 4.42 Å². The molecule has 100 valence electrons. The van der Waals surface area contributed by atoms with E-state index >= 15 is 0 Å². The van der Waals surface area contributed by atoms with Crippen molar-refractivity contribution < 1.29 is 9.21 Å². The van der Waals surface area contributed by atoms with Gasteiger partial charge < -0.3 is 15.1 Å². The normalized spacial score (nSPS) is 23.8. The highest BCUT2D eigenvalue weighted by Crippen LogP contribution is 2.19. The molecule has 1 aromatic rings. The van der Waals surface area contributed by atoms with E-state index in [-0.39, 0.29) is 11.9 Å². The summed E-state index contributed by atoms with van der Waals surface area (Å²) in [5.74, 6) is 1.73. The fourth-order valence-electron chi connectivity index (χ4n) is 2.45. The number of nitrogens with one attached hydrogen (secondary N) is 2. The van der Waals surface area contributed by atoms with Crippen LogP contribution in [0.25, 0.3) is 0 Å². The SMILES string of the molecule is CCC1CCNC(C(=O)NCCc2ccco2)C1. The van der Waals surface area contributed by atoms with Crippen LogP contribution in [0, 0.1) is 5.92 Å². The van der Waals surface area contributed by atoms with Gasteiger partial charge >= 0.3 is 0 Å². The molecule has 4 nitrogen and oxygen atoms in total. The molecule has 2 unspecified atom stereocenters. The zero-order valence-electron chi connectivity index (χ0n) is 10.9. The smallest absolute Gasteiger partial charge is 0.237 e. The van der Waals surface area contributed by atoms with Gasteiger partial charge in [0.15, 0.2) is 0 Å². The monoisotopic (exact) mass is 250 g/mol. The fraction of sp³-hybridized carbons (Fsp3) is 0.643. The molecule has 1 fully saturated rings. The maximum atomic E-state index is 12.0. The van der Waals surface area contributed by atoms with E-state index in [0.717, 1.165) is 31.6 Å². The summed E-state index contributed by atoms with van der Waals surface area (Å²) < 4.78 is 5.23. The van der Waals surface area contributed by atoms with Crippen molar-refractivity contribution in [2.24, 2.45) is 5.92 Å². The number of carbonyl (C=O) groups is 1. The summed E-state index contributed by atoms with van der Waals surface area (Å²) >= 11 is 0. The molecule has 0 saturated carbocycles. The molecule has 4 heteroatoms. The van der Waals surface area contributed by atoms with E-state index in [0.29, 0.717) is 12.5 Å². The van der Waals surface area contributed by atoms with Gasteiger partial charge in [-0.25, -0.2) is 0 Å². The fourth-order valence-corrected chi connectivity index (χ4v) is 2.45. The molecule has 0 bridgehead atoms. The van der Waals surface area contributed by atoms with E-state index in [2.05, 4.69) is 17.6 Å². The lowest BCUT2D eigenvalue weighted by Crippen LogP contribution is -2.49. The number of rotatable bonds is 5. The second-order valence-corrected chi connectivity index (χ2v) is 4.93. The number of hydrogen-bond donors (Lipinski definition) is 2. The van der Waals surface area contributed by atoms with Crippen molar-refractivity contribution in [2.75, 3.05) is 13.1 Å². The lowest BCUT2D eigenvalue weighted by atomic mass is 9.90. The van der Waals surface area contributed by atoms with E-state index in [9.17, 15) is 4.79 Å². The van der Waals surface area contributed by atoms with E-state index in [1.165, 1.54) is 6.42 Å². The first-order valence-corrected chi connectivity index (χ1v) is 6.83. The molecule has 0 spiro atoms. The maximum Gasteiger partial charge on any atom is 0.237 e. The molecule has 1 aromatic heterocycles. The first kappa shape index (κ1) is 13.1. The summed E-state index contributed by atoms with van der Waals surface area (Å²) in [6.07, 6.45) is 5.72. The maximum absolute atomic E-state index is 12.0. The summed E-state index contributed by atoms with van der Waals surface area (Å²) in [5.41, 5.74) is 0. The molecule has 2 rings (SSSR count). The largest absolute Gasteiger partial charge is 0.469 e. The molecule has 18 heavy (non-hydrogen) atoms. The minimum absolute atomic E-state index is 0.0136. The molecule has 0 radical (unpaired) electrons. The summed E-state index contributed by atoms with van der Waals surface area (Å²) in [4.78, 5) is 12.0. The Balaban J connectivity index is 1.70. The Bertz CT molecular complexity index is 362. The van der Waals surface area contributed by atoms with Crippen molar-refractivity contribution in [3.8, 4) is 0 Å². The van der Waals surface area contributed by atoms with Crippen molar-refractivity contribution in [3.05, 3.63) is 24.2 Å². The minimum Gasteiger partial charge on any atom is -0.469 e. The lowest BCUT2D eigenvalue weighted by molar-refractivity contribution is -0.124. The van der Waals surface area contributed by atoms with Crippen LogP contribution in [0.1, 0.15) is 31.9 Å². The first-order valence-electron chi connectivity index (χ1n) is 6.83. The Kier molecular flexibility index (Phi) is 4.81. The molecule has 2 atom stereocenters. The molecule has 1 aliphatic rings. The van der Waals surface area contributed by atoms with Gasteiger partial charge in [-0.05, 0) is 37.4 Å². The zero-order valence-corrected chi connectivity index (χ0v) is 10.9. The molecular weight excluding hydrogens is 228 g/mol. The Labute approximate surface area is 108 Å². The van der Waals surface area contributed by atoms with Crippen LogP contribution in [0.4, 0.5) is 0 Å². The van der Waals surface area contributed by atoms with E-state index < -0.39 is 0 Å². The average Bonchev–Trinajstić information content (AvgIpc) is 2.92. The third kappa shape index (κ3) is 3.60. The summed E-state index contributed by atoms with van der Waals surface area (Å²) in [7, 11) is 0. The van der Waals surface area contributed by atoms with E-state index in [1.807, 2.05) is 12.1 Å². The van der Waals surface area contributed by atoms with Gasteiger partial charge in [0.1, 0.15) is 5.76 Å². The first-order chi connectivity index (χ1) is 8.79. The van der Waals surface area contributed by atoms with Crippen LogP contribution >= 0.6 is 0 Å². The molecule has 0 aliphatic carbocycles. The Morgan fingerprint density at radius 2 is 2.50 bits per heavy atom. The summed E-state index contributed by atoms with van der Waals surface area (Å²) in [6.45, 7) is 3.79. The molecule has 1 saturated heterocycles. The zero-order chi connectivity index (χ0) is 12.8. The molecule has 0 aromatic carbocycles. The Morgan fingerprint density at radius 1 is 1.61 bits per heavy atom. The van der Waals surface area contributed by atoms with Crippen molar-refractivity contribution in [1.29, 1.82) is 0 Å². The van der Waals surface area contributed by atoms with Gasteiger partial charge in [-0.15, -0.1) is 0 Å². The quantitative estimate of drug-likeness (QED) is 0.836. The van der Waals surface area contributed by atoms with Gasteiger partial charge in [0.25, 0.3) is 0 Å². The van der Waals surface area contributed by atoms with Crippen molar-refractivity contribution in [1.82, 2.24) is 10.6 Å². The highest BCUT2D eigenvalue weighted by atomic mass is 16.3. The third-order valence-corrected chi connectivity index (χ3v) is 3.66. The van der Waals surface area contributed by atoms with Gasteiger partial charge in [0.2, 0.25) is 5.91 Å². The van der Waals surface area contributed by atoms with Crippen LogP contribution in [0.15, 0.2) is 22.8 Å². The van der Waals surface area contributed by atoms with Gasteiger partial charge in [-0.2, -0.15) is 0 Å². The van der Waals surface area contributed by atoms with Crippen LogP contribution in [-0.4, -0.2) is 25.0 Å². The number of carbonyl (C=O) groups excluding carboxylic acids is 1. The number of piperidine rings is 1. The van der Waals surface area contributed by atoms with Crippen LogP contribution in [-0.2, 0) is 11.2 Å². The topological polar surface area (TPSA) is 54.3 Å². The van der Waals surface area contributed by atoms with Gasteiger partial charge in [0.05, 0.1) is 12.3 Å². The summed E-state index contributed by atoms with van der Waals surface area (Å²) in [6, 6.07) is 3.78. The number of hydrogen-bond acceptors (Lipinski definition) is 3. The van der Waals surface area contributed by atoms with Gasteiger partial charge in [0, 0.05) is 13.0 Å². The second kappa shape index (κ2) is 6.59. The van der Waals surface area contributed by atoms with Crippen LogP contribution < -0.4 is 10.6 Å². The van der Waals surface area contributed by atoms with Crippen LogP contribution in [0.3, 0.4) is 0 Å². The summed E-state index contributed by atoms with van der Waals surface area (Å²) in [5, 5.41) is 6.27.